The lowest BCUT2D eigenvalue weighted by atomic mass is 10.2. The molecule has 0 bridgehead atoms. The van der Waals surface area contributed by atoms with Crippen LogP contribution in [0, 0.1) is 0 Å². The van der Waals surface area contributed by atoms with Gasteiger partial charge in [-0.25, -0.2) is 4.79 Å². The second-order valence-corrected chi connectivity index (χ2v) is 3.69. The van der Waals surface area contributed by atoms with Gasteiger partial charge < -0.3 is 20.5 Å². The lowest BCUT2D eigenvalue weighted by Crippen LogP contribution is -2.28. The zero-order chi connectivity index (χ0) is 14.3. The van der Waals surface area contributed by atoms with Crippen LogP contribution in [0.25, 0.3) is 0 Å². The molecule has 1 aromatic rings. The Hall–Kier alpha value is -2.34. The molecule has 0 fully saturated rings. The first-order valence-electron chi connectivity index (χ1n) is 5.61. The summed E-state index contributed by atoms with van der Waals surface area (Å²) >= 11 is 0. The van der Waals surface area contributed by atoms with E-state index in [1.807, 2.05) is 0 Å². The Labute approximate surface area is 111 Å². The minimum atomic E-state index is -1.07. The molecule has 0 aromatic heterocycles. The van der Waals surface area contributed by atoms with Gasteiger partial charge in [0.25, 0.3) is 0 Å². The normalized spacial score (nSPS) is 9.74. The fourth-order valence-corrected chi connectivity index (χ4v) is 1.42. The summed E-state index contributed by atoms with van der Waals surface area (Å²) in [6.45, 7) is 4.14. The number of nitrogens with one attached hydrogen (secondary N) is 2. The highest BCUT2D eigenvalue weighted by Crippen LogP contribution is 2.25. The molecular weight excluding hydrogens is 248 g/mol. The molecule has 102 valence electrons. The first-order valence-corrected chi connectivity index (χ1v) is 5.61. The predicted molar refractivity (Wildman–Crippen MR) is 71.6 cm³/mol. The molecule has 6 heteroatoms. The number of carboxylic acids is 1. The quantitative estimate of drug-likeness (QED) is 0.507. The number of carbonyl (C=O) groups excluding carboxylic acids is 1. The number of hydrogen-bond donors (Lipinski definition) is 3. The lowest BCUT2D eigenvalue weighted by Gasteiger charge is -2.11. The van der Waals surface area contributed by atoms with Gasteiger partial charge in [0.1, 0.15) is 5.75 Å². The Morgan fingerprint density at radius 3 is 2.79 bits per heavy atom. The highest BCUT2D eigenvalue weighted by Gasteiger charge is 2.11. The van der Waals surface area contributed by atoms with E-state index in [0.717, 1.165) is 0 Å². The maximum absolute atomic E-state index is 11.6. The predicted octanol–water partition coefficient (Wildman–Crippen LogP) is 1.11. The third kappa shape index (κ3) is 4.44. The summed E-state index contributed by atoms with van der Waals surface area (Å²) in [5.41, 5.74) is 0.406. The Kier molecular flexibility index (Phi) is 5.56. The number of carbonyl (C=O) groups is 2. The smallest absolute Gasteiger partial charge is 0.335 e. The van der Waals surface area contributed by atoms with E-state index in [9.17, 15) is 9.59 Å². The van der Waals surface area contributed by atoms with Crippen LogP contribution >= 0.6 is 0 Å². The molecule has 3 N–H and O–H groups in total. The van der Waals surface area contributed by atoms with Crippen LogP contribution in [0.15, 0.2) is 30.9 Å². The molecular formula is C13H16N2O4. The molecule has 0 heterocycles. The van der Waals surface area contributed by atoms with Crippen LogP contribution in [0.3, 0.4) is 0 Å². The van der Waals surface area contributed by atoms with Crippen molar-refractivity contribution >= 4 is 17.6 Å². The van der Waals surface area contributed by atoms with Gasteiger partial charge in [-0.2, -0.15) is 0 Å². The molecule has 1 amide bonds. The summed E-state index contributed by atoms with van der Waals surface area (Å²) in [5.74, 6) is -0.951. The van der Waals surface area contributed by atoms with Crippen LogP contribution in [0.1, 0.15) is 10.4 Å². The molecule has 0 aliphatic carbocycles. The van der Waals surface area contributed by atoms with Crippen molar-refractivity contribution in [3.05, 3.63) is 36.4 Å². The van der Waals surface area contributed by atoms with Crippen LogP contribution in [0.4, 0.5) is 5.69 Å². The van der Waals surface area contributed by atoms with Crippen molar-refractivity contribution in [3.63, 3.8) is 0 Å². The summed E-state index contributed by atoms with van der Waals surface area (Å²) in [6.07, 6.45) is 1.64. The molecule has 0 aliphatic rings. The van der Waals surface area contributed by atoms with Crippen LogP contribution in [-0.2, 0) is 4.79 Å². The summed E-state index contributed by atoms with van der Waals surface area (Å²) in [5, 5.41) is 14.3. The number of anilines is 1. The second kappa shape index (κ2) is 7.17. The Morgan fingerprint density at radius 1 is 1.47 bits per heavy atom. The number of amides is 1. The van der Waals surface area contributed by atoms with E-state index in [0.29, 0.717) is 18.0 Å². The minimum Gasteiger partial charge on any atom is -0.495 e. The van der Waals surface area contributed by atoms with Crippen LogP contribution < -0.4 is 15.4 Å². The molecule has 0 saturated carbocycles. The molecule has 0 unspecified atom stereocenters. The average Bonchev–Trinajstić information content (AvgIpc) is 2.38. The highest BCUT2D eigenvalue weighted by molar-refractivity contribution is 5.96. The number of hydrogen-bond acceptors (Lipinski definition) is 4. The number of carboxylic acid groups (broad SMARTS) is 1. The van der Waals surface area contributed by atoms with Gasteiger partial charge in [0.15, 0.2) is 0 Å². The van der Waals surface area contributed by atoms with E-state index in [-0.39, 0.29) is 18.0 Å². The van der Waals surface area contributed by atoms with Crippen molar-refractivity contribution in [2.75, 3.05) is 25.5 Å². The minimum absolute atomic E-state index is 0.0788. The lowest BCUT2D eigenvalue weighted by molar-refractivity contribution is -0.115. The monoisotopic (exact) mass is 264 g/mol. The van der Waals surface area contributed by atoms with Gasteiger partial charge in [0, 0.05) is 6.54 Å². The van der Waals surface area contributed by atoms with E-state index >= 15 is 0 Å². The first kappa shape index (κ1) is 14.7. The van der Waals surface area contributed by atoms with Crippen LogP contribution in [0.2, 0.25) is 0 Å². The van der Waals surface area contributed by atoms with E-state index in [4.69, 9.17) is 9.84 Å². The summed E-state index contributed by atoms with van der Waals surface area (Å²) < 4.78 is 5.06. The van der Waals surface area contributed by atoms with E-state index < -0.39 is 5.97 Å². The zero-order valence-electron chi connectivity index (χ0n) is 10.6. The van der Waals surface area contributed by atoms with Crippen molar-refractivity contribution < 1.29 is 19.4 Å². The summed E-state index contributed by atoms with van der Waals surface area (Å²) in [6, 6.07) is 4.26. The molecule has 0 saturated heterocycles. The van der Waals surface area contributed by atoms with E-state index in [1.165, 1.54) is 25.3 Å². The number of aromatic carboxylic acids is 1. The Morgan fingerprint density at radius 2 is 2.21 bits per heavy atom. The first-order chi connectivity index (χ1) is 9.08. The van der Waals surface area contributed by atoms with Gasteiger partial charge >= 0.3 is 5.97 Å². The maximum atomic E-state index is 11.6. The van der Waals surface area contributed by atoms with Crippen molar-refractivity contribution in [1.29, 1.82) is 0 Å². The number of ether oxygens (including phenoxy) is 1. The van der Waals surface area contributed by atoms with Gasteiger partial charge in [0.2, 0.25) is 5.91 Å². The van der Waals surface area contributed by atoms with Gasteiger partial charge in [-0.3, -0.25) is 4.79 Å². The fourth-order valence-electron chi connectivity index (χ4n) is 1.42. The molecule has 6 nitrogen and oxygen atoms in total. The number of rotatable bonds is 7. The van der Waals surface area contributed by atoms with Crippen LogP contribution in [0.5, 0.6) is 5.75 Å². The van der Waals surface area contributed by atoms with Crippen molar-refractivity contribution in [2.24, 2.45) is 0 Å². The van der Waals surface area contributed by atoms with Gasteiger partial charge in [-0.05, 0) is 18.2 Å². The van der Waals surface area contributed by atoms with E-state index in [1.54, 1.807) is 6.08 Å². The molecule has 0 radical (unpaired) electrons. The van der Waals surface area contributed by atoms with Gasteiger partial charge in [0.05, 0.1) is 24.9 Å². The average molecular weight is 264 g/mol. The SMILES string of the molecule is C=CCNCC(=O)Nc1cc(C(=O)O)ccc1OC. The zero-order valence-corrected chi connectivity index (χ0v) is 10.6. The fraction of sp³-hybridized carbons (Fsp3) is 0.231. The number of methoxy groups -OCH3 is 1. The topological polar surface area (TPSA) is 87.7 Å². The second-order valence-electron chi connectivity index (χ2n) is 3.69. The standard InChI is InChI=1S/C13H16N2O4/c1-3-6-14-8-12(16)15-10-7-9(13(17)18)4-5-11(10)19-2/h3-5,7,14H,1,6,8H2,2H3,(H,15,16)(H,17,18). The summed E-state index contributed by atoms with van der Waals surface area (Å²) in [4.78, 5) is 22.5. The molecule has 1 aromatic carbocycles. The van der Waals surface area contributed by atoms with Gasteiger partial charge in [-0.15, -0.1) is 6.58 Å². The largest absolute Gasteiger partial charge is 0.495 e. The summed E-state index contributed by atoms with van der Waals surface area (Å²) in [7, 11) is 1.45. The van der Waals surface area contributed by atoms with Crippen LogP contribution in [-0.4, -0.2) is 37.2 Å². The van der Waals surface area contributed by atoms with Crippen molar-refractivity contribution in [1.82, 2.24) is 5.32 Å². The maximum Gasteiger partial charge on any atom is 0.335 e. The van der Waals surface area contributed by atoms with Gasteiger partial charge in [-0.1, -0.05) is 6.08 Å². The molecule has 1 rings (SSSR count). The molecule has 0 spiro atoms. The van der Waals surface area contributed by atoms with E-state index in [2.05, 4.69) is 17.2 Å². The number of benzene rings is 1. The molecule has 0 aliphatic heterocycles. The molecule has 19 heavy (non-hydrogen) atoms. The highest BCUT2D eigenvalue weighted by atomic mass is 16.5. The Balaban J connectivity index is 2.79. The van der Waals surface area contributed by atoms with Crippen molar-refractivity contribution in [3.8, 4) is 5.75 Å². The van der Waals surface area contributed by atoms with Crippen molar-refractivity contribution in [2.45, 2.75) is 0 Å². The third-order valence-corrected chi connectivity index (χ3v) is 2.29. The third-order valence-electron chi connectivity index (χ3n) is 2.29. The Bertz CT molecular complexity index is 486. The molecule has 0 atom stereocenters.